The Kier molecular flexibility index (Phi) is 4.28. The van der Waals surface area contributed by atoms with Crippen LogP contribution in [0.15, 0.2) is 11.6 Å². The van der Waals surface area contributed by atoms with E-state index in [1.807, 2.05) is 0 Å². The number of anilines is 1. The summed E-state index contributed by atoms with van der Waals surface area (Å²) in [5.41, 5.74) is -1.00. The Morgan fingerprint density at radius 3 is 2.50 bits per heavy atom. The molecule has 0 saturated carbocycles. The zero-order chi connectivity index (χ0) is 15.5. The number of carboxylic acid groups (broad SMARTS) is 1. The molecule has 0 aliphatic rings. The molecule has 0 aromatic carbocycles. The van der Waals surface area contributed by atoms with Crippen LogP contribution in [-0.2, 0) is 4.74 Å². The molecule has 0 radical (unpaired) electrons. The Hall–Kier alpha value is -2.64. The minimum Gasteiger partial charge on any atom is -0.477 e. The molecule has 108 valence electrons. The van der Waals surface area contributed by atoms with Crippen molar-refractivity contribution in [2.75, 3.05) is 5.32 Å². The zero-order valence-corrected chi connectivity index (χ0v) is 11.5. The Bertz CT molecular complexity index is 569. The topological polar surface area (TPSA) is 106 Å². The van der Waals surface area contributed by atoms with Crippen LogP contribution in [0.4, 0.5) is 16.4 Å². The maximum Gasteiger partial charge on any atom is 0.413 e. The molecule has 1 heterocycles. The number of hydrogen-bond acceptors (Lipinski definition) is 5. The lowest BCUT2D eigenvalue weighted by atomic mass is 10.2. The predicted octanol–water partition coefficient (Wildman–Crippen LogP) is 2.36. The first kappa shape index (κ1) is 15.4. The summed E-state index contributed by atoms with van der Waals surface area (Å²) >= 11 is 0. The van der Waals surface area contributed by atoms with Gasteiger partial charge in [0.1, 0.15) is 11.2 Å². The molecule has 0 saturated heterocycles. The molecule has 20 heavy (non-hydrogen) atoms. The Balaban J connectivity index is 3.15. The van der Waals surface area contributed by atoms with E-state index in [0.717, 1.165) is 4.68 Å². The highest BCUT2D eigenvalue weighted by atomic mass is 16.6. The molecule has 0 unspecified atom stereocenters. The third-order valence-electron chi connectivity index (χ3n) is 2.04. The molecular formula is C12H16N4O4. The molecule has 1 aromatic rings. The first-order chi connectivity index (χ1) is 9.19. The van der Waals surface area contributed by atoms with Gasteiger partial charge in [-0.2, -0.15) is 0 Å². The molecule has 0 atom stereocenters. The molecule has 0 bridgehead atoms. The van der Waals surface area contributed by atoms with Gasteiger partial charge in [0.25, 0.3) is 0 Å². The van der Waals surface area contributed by atoms with Gasteiger partial charge in [0.15, 0.2) is 11.6 Å². The van der Waals surface area contributed by atoms with Crippen LogP contribution in [0.5, 0.6) is 0 Å². The molecule has 0 aliphatic carbocycles. The van der Waals surface area contributed by atoms with Gasteiger partial charge in [-0.25, -0.2) is 19.3 Å². The average molecular weight is 280 g/mol. The van der Waals surface area contributed by atoms with Gasteiger partial charge in [-0.1, -0.05) is 6.58 Å². The van der Waals surface area contributed by atoms with Crippen molar-refractivity contribution in [1.82, 2.24) is 9.78 Å². The molecule has 0 aliphatic heterocycles. The number of aromatic carboxylic acids is 1. The van der Waals surface area contributed by atoms with Crippen LogP contribution in [0.1, 0.15) is 31.1 Å². The maximum absolute atomic E-state index is 11.7. The SMILES string of the molecule is C=Cn1nc(NC(=O)OC(C)(C)C)c(C(=O)O)c1N=C. The van der Waals surface area contributed by atoms with Gasteiger partial charge in [0.05, 0.1) is 0 Å². The number of amides is 1. The van der Waals surface area contributed by atoms with E-state index in [1.165, 1.54) is 6.20 Å². The van der Waals surface area contributed by atoms with Crippen LogP contribution in [0.2, 0.25) is 0 Å². The lowest BCUT2D eigenvalue weighted by molar-refractivity contribution is 0.0635. The zero-order valence-electron chi connectivity index (χ0n) is 11.5. The van der Waals surface area contributed by atoms with E-state index < -0.39 is 17.7 Å². The summed E-state index contributed by atoms with van der Waals surface area (Å²) in [5.74, 6) is -1.51. The van der Waals surface area contributed by atoms with Crippen LogP contribution >= 0.6 is 0 Å². The second kappa shape index (κ2) is 5.55. The van der Waals surface area contributed by atoms with Crippen LogP contribution in [-0.4, -0.2) is 39.3 Å². The number of nitrogens with zero attached hydrogens (tertiary/aromatic N) is 3. The molecule has 8 nitrogen and oxygen atoms in total. The fourth-order valence-corrected chi connectivity index (χ4v) is 1.39. The number of rotatable bonds is 4. The van der Waals surface area contributed by atoms with Crippen molar-refractivity contribution >= 4 is 36.6 Å². The Morgan fingerprint density at radius 2 is 2.10 bits per heavy atom. The van der Waals surface area contributed by atoms with Gasteiger partial charge >= 0.3 is 12.1 Å². The van der Waals surface area contributed by atoms with E-state index in [-0.39, 0.29) is 17.2 Å². The van der Waals surface area contributed by atoms with Crippen molar-refractivity contribution in [2.24, 2.45) is 4.99 Å². The summed E-state index contributed by atoms with van der Waals surface area (Å²) in [6.07, 6.45) is 0.431. The summed E-state index contributed by atoms with van der Waals surface area (Å²) in [4.78, 5) is 26.5. The van der Waals surface area contributed by atoms with Crippen molar-refractivity contribution in [1.29, 1.82) is 0 Å². The third-order valence-corrected chi connectivity index (χ3v) is 2.04. The summed E-state index contributed by atoms with van der Waals surface area (Å²) in [6, 6.07) is 0. The minimum absolute atomic E-state index is 0.0291. The quantitative estimate of drug-likeness (QED) is 0.823. The lowest BCUT2D eigenvalue weighted by Gasteiger charge is -2.19. The standard InChI is InChI=1S/C12H16N4O4/c1-6-16-9(13-5)7(10(17)18)8(15-16)14-11(19)20-12(2,3)4/h6H,1,5H2,2-4H3,(H,17,18)(H,14,15,19). The van der Waals surface area contributed by atoms with E-state index in [2.05, 4.69) is 28.7 Å². The predicted molar refractivity (Wildman–Crippen MR) is 74.6 cm³/mol. The molecule has 0 fully saturated rings. The average Bonchev–Trinajstić information content (AvgIpc) is 2.63. The lowest BCUT2D eigenvalue weighted by Crippen LogP contribution is -2.27. The Labute approximate surface area is 115 Å². The van der Waals surface area contributed by atoms with Crippen molar-refractivity contribution in [3.05, 3.63) is 12.1 Å². The number of nitrogens with one attached hydrogen (secondary N) is 1. The third kappa shape index (κ3) is 3.44. The number of carbonyl (C=O) groups excluding carboxylic acids is 1. The van der Waals surface area contributed by atoms with E-state index in [1.54, 1.807) is 20.8 Å². The monoisotopic (exact) mass is 280 g/mol. The number of carbonyl (C=O) groups is 2. The van der Waals surface area contributed by atoms with E-state index in [0.29, 0.717) is 0 Å². The fourth-order valence-electron chi connectivity index (χ4n) is 1.39. The van der Waals surface area contributed by atoms with E-state index >= 15 is 0 Å². The highest BCUT2D eigenvalue weighted by Crippen LogP contribution is 2.27. The van der Waals surface area contributed by atoms with Gasteiger partial charge < -0.3 is 9.84 Å². The Morgan fingerprint density at radius 1 is 1.50 bits per heavy atom. The van der Waals surface area contributed by atoms with Gasteiger partial charge in [-0.15, -0.1) is 5.10 Å². The number of ether oxygens (including phenoxy) is 1. The largest absolute Gasteiger partial charge is 0.477 e. The molecule has 2 N–H and O–H groups in total. The first-order valence-corrected chi connectivity index (χ1v) is 5.64. The highest BCUT2D eigenvalue weighted by molar-refractivity contribution is 6.02. The summed E-state index contributed by atoms with van der Waals surface area (Å²) < 4.78 is 6.13. The second-order valence-corrected chi connectivity index (χ2v) is 4.76. The van der Waals surface area contributed by atoms with Crippen LogP contribution in [0.25, 0.3) is 6.20 Å². The number of aliphatic imine (C=N–C) groups is 1. The van der Waals surface area contributed by atoms with Gasteiger partial charge in [-0.05, 0) is 27.5 Å². The van der Waals surface area contributed by atoms with Crippen molar-refractivity contribution in [3.8, 4) is 0 Å². The fraction of sp³-hybridized carbons (Fsp3) is 0.333. The van der Waals surface area contributed by atoms with Crippen LogP contribution in [0.3, 0.4) is 0 Å². The summed E-state index contributed by atoms with van der Waals surface area (Å²) in [6.45, 7) is 11.8. The summed E-state index contributed by atoms with van der Waals surface area (Å²) in [7, 11) is 0. The summed E-state index contributed by atoms with van der Waals surface area (Å²) in [5, 5.41) is 15.3. The number of hydrogen-bond donors (Lipinski definition) is 2. The first-order valence-electron chi connectivity index (χ1n) is 5.64. The van der Waals surface area contributed by atoms with Gasteiger partial charge in [0, 0.05) is 6.20 Å². The number of aromatic nitrogens is 2. The molecule has 1 aromatic heterocycles. The normalized spacial score (nSPS) is 10.8. The molecule has 8 heteroatoms. The smallest absolute Gasteiger partial charge is 0.413 e. The van der Waals surface area contributed by atoms with Crippen LogP contribution in [0, 0.1) is 0 Å². The van der Waals surface area contributed by atoms with E-state index in [4.69, 9.17) is 9.84 Å². The molecule has 1 amide bonds. The molecule has 1 rings (SSSR count). The van der Waals surface area contributed by atoms with E-state index in [9.17, 15) is 9.59 Å². The van der Waals surface area contributed by atoms with Crippen molar-refractivity contribution in [3.63, 3.8) is 0 Å². The maximum atomic E-state index is 11.7. The number of carboxylic acids is 1. The molecular weight excluding hydrogens is 264 g/mol. The van der Waals surface area contributed by atoms with Crippen molar-refractivity contribution < 1.29 is 19.4 Å². The minimum atomic E-state index is -1.30. The van der Waals surface area contributed by atoms with Crippen molar-refractivity contribution in [2.45, 2.75) is 26.4 Å². The molecule has 0 spiro atoms. The van der Waals surface area contributed by atoms with Crippen LogP contribution < -0.4 is 5.32 Å². The van der Waals surface area contributed by atoms with Gasteiger partial charge in [0.2, 0.25) is 0 Å². The van der Waals surface area contributed by atoms with Gasteiger partial charge in [-0.3, -0.25) is 5.32 Å². The second-order valence-electron chi connectivity index (χ2n) is 4.76. The highest BCUT2D eigenvalue weighted by Gasteiger charge is 2.25.